The van der Waals surface area contributed by atoms with Crippen LogP contribution in [0.3, 0.4) is 0 Å². The number of imide groups is 1. The summed E-state index contributed by atoms with van der Waals surface area (Å²) >= 11 is 0. The zero-order chi connectivity index (χ0) is 60.3. The number of nitrogens with zero attached hydrogens (tertiary/aromatic N) is 2. The summed E-state index contributed by atoms with van der Waals surface area (Å²) in [6.45, 7) is 1.75. The van der Waals surface area contributed by atoms with Gasteiger partial charge in [-0.15, -0.1) is 0 Å². The van der Waals surface area contributed by atoms with Crippen molar-refractivity contribution >= 4 is 71.6 Å². The van der Waals surface area contributed by atoms with Crippen molar-refractivity contribution in [2.75, 3.05) is 6.54 Å². The molecule has 2 saturated heterocycles. The Hall–Kier alpha value is -8.38. The van der Waals surface area contributed by atoms with E-state index < -0.39 is 96.3 Å². The van der Waals surface area contributed by atoms with Gasteiger partial charge in [0.25, 0.3) is 11.8 Å². The normalized spacial score (nSPS) is 17.7. The highest BCUT2D eigenvalue weighted by Crippen LogP contribution is 2.59. The number of esters is 1. The van der Waals surface area contributed by atoms with Gasteiger partial charge in [-0.1, -0.05) is 111 Å². The number of rotatable bonds is 25. The second kappa shape index (κ2) is 27.3. The number of ether oxygens (including phenoxy) is 1. The number of aromatic amines is 1. The van der Waals surface area contributed by atoms with Crippen LogP contribution >= 0.6 is 7.60 Å². The van der Waals surface area contributed by atoms with Crippen molar-refractivity contribution in [1.29, 1.82) is 0 Å². The molecule has 84 heavy (non-hydrogen) atoms. The molecule has 442 valence electrons. The topological polar surface area (TPSA) is 305 Å². The standard InChI is InChI=1S/C61H66F2N7O13P/c1-2-3-23-48(67-56(75)49-32-40-31-41(25-26-46(40)65-49)61(62,63)84(80,81)82)60(79)69-35-42(33-51(69)58(77)66-47(27-29-53(64)72)52(71)34-44(37-16-10-7-11-17-37)38-18-12-8-13-19-38)83-55(74)24-14-6-4-5-9-20-39-21-15-22-43-45(39)36-70(59(43)78)50-28-30-54(73)68-57(50)76/h7-8,10-13,15-19,21-22,25-26,31-32,42,44,47-48,50-51,65H,2-6,14,23-24,27-30,33-36H2,1H3,(H2,64,72)(H,66,77)(H,67,75)(H,68,73,76)(H2,80,81,82)/t42-,47+,48+,50?,51+/m1/s1. The zero-order valence-electron chi connectivity index (χ0n) is 46.2. The van der Waals surface area contributed by atoms with E-state index in [0.29, 0.717) is 55.2 Å². The maximum atomic E-state index is 14.9. The molecule has 0 aliphatic carbocycles. The van der Waals surface area contributed by atoms with Crippen molar-refractivity contribution in [3.8, 4) is 11.8 Å². The number of aromatic nitrogens is 1. The van der Waals surface area contributed by atoms with E-state index in [-0.39, 0.29) is 92.9 Å². The summed E-state index contributed by atoms with van der Waals surface area (Å²) in [4.78, 5) is 145. The summed E-state index contributed by atoms with van der Waals surface area (Å²) in [6, 6.07) is 23.1. The smallest absolute Gasteiger partial charge is 0.399 e. The van der Waals surface area contributed by atoms with Gasteiger partial charge in [-0.2, -0.15) is 8.78 Å². The molecule has 0 radical (unpaired) electrons. The van der Waals surface area contributed by atoms with Crippen LogP contribution < -0.4 is 21.7 Å². The second-order valence-electron chi connectivity index (χ2n) is 21.3. The van der Waals surface area contributed by atoms with Gasteiger partial charge in [0.05, 0.1) is 12.6 Å². The Bertz CT molecular complexity index is 3390. The lowest BCUT2D eigenvalue weighted by molar-refractivity contribution is -0.149. The van der Waals surface area contributed by atoms with Crippen LogP contribution in [0.2, 0.25) is 0 Å². The third-order valence-electron chi connectivity index (χ3n) is 15.4. The molecule has 4 heterocycles. The predicted molar refractivity (Wildman–Crippen MR) is 302 cm³/mol. The largest absolute Gasteiger partial charge is 0.460 e. The van der Waals surface area contributed by atoms with Gasteiger partial charge in [-0.05, 0) is 79.1 Å². The third-order valence-corrected chi connectivity index (χ3v) is 16.3. The molecule has 8 N–H and O–H groups in total. The van der Waals surface area contributed by atoms with Crippen molar-refractivity contribution in [3.63, 3.8) is 0 Å². The van der Waals surface area contributed by atoms with E-state index in [1.54, 1.807) is 18.2 Å². The molecule has 1 unspecified atom stereocenters. The van der Waals surface area contributed by atoms with Crippen LogP contribution in [0.1, 0.15) is 151 Å². The van der Waals surface area contributed by atoms with E-state index in [4.69, 9.17) is 10.5 Å². The molecule has 4 aromatic carbocycles. The first kappa shape index (κ1) is 61.7. The van der Waals surface area contributed by atoms with Crippen LogP contribution in [0, 0.1) is 11.8 Å². The molecular weight excluding hydrogens is 1110 g/mol. The minimum atomic E-state index is -5.92. The Morgan fingerprint density at radius 2 is 1.57 bits per heavy atom. The average molecular weight is 1170 g/mol. The highest BCUT2D eigenvalue weighted by atomic mass is 31.2. The first-order valence-electron chi connectivity index (χ1n) is 28.0. The molecule has 3 aliphatic heterocycles. The highest BCUT2D eigenvalue weighted by molar-refractivity contribution is 7.52. The number of benzene rings is 4. The number of carbonyl (C=O) groups excluding carboxylic acids is 9. The fourth-order valence-corrected chi connectivity index (χ4v) is 11.3. The summed E-state index contributed by atoms with van der Waals surface area (Å²) in [7, 11) is -5.92. The number of nitrogens with two attached hydrogens (primary N) is 1. The number of unbranched alkanes of at least 4 members (excludes halogenated alkanes) is 4. The van der Waals surface area contributed by atoms with E-state index in [9.17, 15) is 66.3 Å². The summed E-state index contributed by atoms with van der Waals surface area (Å²) in [5, 5.41) is 7.81. The molecule has 0 bridgehead atoms. The number of likely N-dealkylation sites (tertiary alicyclic amines) is 1. The van der Waals surface area contributed by atoms with E-state index in [1.807, 2.05) is 67.6 Å². The fraction of sp³-hybridized carbons (Fsp3) is 0.393. The second-order valence-corrected chi connectivity index (χ2v) is 22.9. The number of fused-ring (bicyclic) bond motifs is 2. The first-order valence-corrected chi connectivity index (χ1v) is 29.6. The van der Waals surface area contributed by atoms with Crippen molar-refractivity contribution in [3.05, 3.63) is 142 Å². The van der Waals surface area contributed by atoms with Gasteiger partial charge >= 0.3 is 19.2 Å². The molecule has 1 aromatic heterocycles. The van der Waals surface area contributed by atoms with Crippen LogP contribution in [0.5, 0.6) is 0 Å². The van der Waals surface area contributed by atoms with Gasteiger partial charge in [0.2, 0.25) is 29.5 Å². The Morgan fingerprint density at radius 1 is 0.857 bits per heavy atom. The lowest BCUT2D eigenvalue weighted by atomic mass is 9.85. The number of Topliss-reactive ketones (excluding diaryl/α,β-unsaturated/α-hetero) is 1. The number of carbonyl (C=O) groups is 9. The number of alkyl halides is 2. The maximum absolute atomic E-state index is 14.9. The Labute approximate surface area is 483 Å². The molecule has 8 rings (SSSR count). The van der Waals surface area contributed by atoms with E-state index in [2.05, 4.69) is 32.8 Å². The van der Waals surface area contributed by atoms with Gasteiger partial charge in [0.15, 0.2) is 5.78 Å². The molecular formula is C61H66F2N7O13P. The number of H-pyrrole nitrogens is 1. The van der Waals surface area contributed by atoms with Crippen LogP contribution in [-0.2, 0) is 55.1 Å². The molecule has 7 amide bonds. The lowest BCUT2D eigenvalue weighted by Crippen LogP contribution is -2.55. The number of primary amides is 1. The fourth-order valence-electron chi connectivity index (χ4n) is 10.9. The number of halogens is 2. The van der Waals surface area contributed by atoms with Gasteiger partial charge in [-0.25, -0.2) is 0 Å². The van der Waals surface area contributed by atoms with Crippen molar-refractivity contribution in [2.45, 2.75) is 145 Å². The summed E-state index contributed by atoms with van der Waals surface area (Å²) in [5.74, 6) is 0.519. The van der Waals surface area contributed by atoms with Gasteiger partial charge in [-0.3, -0.25) is 53.0 Å². The molecule has 5 atom stereocenters. The monoisotopic (exact) mass is 1170 g/mol. The Kier molecular flexibility index (Phi) is 20.1. The minimum absolute atomic E-state index is 0.0180. The van der Waals surface area contributed by atoms with Crippen LogP contribution in [0.25, 0.3) is 10.9 Å². The van der Waals surface area contributed by atoms with Crippen molar-refractivity contribution < 1.29 is 71.0 Å². The quantitative estimate of drug-likeness (QED) is 0.0108. The molecule has 3 aliphatic rings. The van der Waals surface area contributed by atoms with Crippen molar-refractivity contribution in [1.82, 2.24) is 30.7 Å². The van der Waals surface area contributed by atoms with E-state index in [1.165, 1.54) is 15.9 Å². The SMILES string of the molecule is CCCC[C@H](NC(=O)c1cc2cc(C(F)(F)P(=O)(O)O)ccc2[nH]1)C(=O)N1C[C@H](OC(=O)CCCCCC#Cc2cccc3c2CN(C2CCC(=O)NC2=O)C3=O)C[C@H]1C(=O)N[C@@H](CCC(N)=O)C(=O)CC(c1ccccc1)c1ccccc1. The van der Waals surface area contributed by atoms with Crippen LogP contribution in [0.4, 0.5) is 8.78 Å². The maximum Gasteiger partial charge on any atom is 0.399 e. The molecule has 0 spiro atoms. The number of hydrogen-bond acceptors (Lipinski definition) is 11. The van der Waals surface area contributed by atoms with Crippen LogP contribution in [-0.4, -0.2) is 114 Å². The van der Waals surface area contributed by atoms with Crippen LogP contribution in [0.15, 0.2) is 103 Å². The summed E-state index contributed by atoms with van der Waals surface area (Å²) in [5.41, 5.74) is 3.50. The molecule has 20 nitrogen and oxygen atoms in total. The summed E-state index contributed by atoms with van der Waals surface area (Å²) in [6.07, 6.45) is 1.68. The number of piperidine rings is 1. The lowest BCUT2D eigenvalue weighted by Gasteiger charge is -2.30. The minimum Gasteiger partial charge on any atom is -0.460 e. The van der Waals surface area contributed by atoms with Gasteiger partial charge in [0.1, 0.15) is 29.9 Å². The number of nitrogens with one attached hydrogen (secondary N) is 4. The van der Waals surface area contributed by atoms with E-state index in [0.717, 1.165) is 29.3 Å². The van der Waals surface area contributed by atoms with E-state index >= 15 is 0 Å². The number of hydrogen-bond donors (Lipinski definition) is 7. The van der Waals surface area contributed by atoms with Crippen molar-refractivity contribution in [2.24, 2.45) is 5.73 Å². The Balaban J connectivity index is 0.956. The highest BCUT2D eigenvalue weighted by Gasteiger charge is 2.51. The summed E-state index contributed by atoms with van der Waals surface area (Å²) < 4.78 is 46.9. The zero-order valence-corrected chi connectivity index (χ0v) is 47.0. The van der Waals surface area contributed by atoms with Gasteiger partial charge < -0.3 is 45.7 Å². The average Bonchev–Trinajstić information content (AvgIpc) is 3.03. The van der Waals surface area contributed by atoms with Gasteiger partial charge in [0, 0.05) is 78.6 Å². The first-order chi connectivity index (χ1) is 40.1. The third kappa shape index (κ3) is 14.9. The molecule has 5 aromatic rings. The number of ketones is 1. The molecule has 2 fully saturated rings. The molecule has 23 heteroatoms. The Morgan fingerprint density at radius 3 is 2.24 bits per heavy atom. The molecule has 0 saturated carbocycles. The number of amides is 7. The predicted octanol–water partition coefficient (Wildman–Crippen LogP) is 6.50.